The Hall–Kier alpha value is -2.87. The number of H-pyrrole nitrogens is 1. The molecule has 1 aromatic heterocycles. The minimum atomic E-state index is -0.367. The van der Waals surface area contributed by atoms with Gasteiger partial charge in [-0.05, 0) is 48.2 Å². The van der Waals surface area contributed by atoms with E-state index in [1.165, 1.54) is 0 Å². The number of likely N-dealkylation sites (tertiary alicyclic amines) is 1. The Morgan fingerprint density at radius 3 is 2.81 bits per heavy atom. The van der Waals surface area contributed by atoms with Crippen molar-refractivity contribution in [3.8, 4) is 0 Å². The van der Waals surface area contributed by atoms with E-state index >= 15 is 0 Å². The number of aliphatic hydroxyl groups excluding tert-OH is 1. The van der Waals surface area contributed by atoms with Gasteiger partial charge in [0.25, 0.3) is 5.91 Å². The van der Waals surface area contributed by atoms with Gasteiger partial charge in [-0.3, -0.25) is 14.5 Å². The predicted octanol–water partition coefficient (Wildman–Crippen LogP) is 2.40. The monoisotopic (exact) mass is 452 g/mol. The number of fused-ring (bicyclic) bond motifs is 2. The lowest BCUT2D eigenvalue weighted by molar-refractivity contribution is -0.123. The first-order valence-corrected chi connectivity index (χ1v) is 11.2. The number of β-amino-alcohol motifs (C(OH)–C–C–N with tert-alkyl or cyclic N) is 1. The highest BCUT2D eigenvalue weighted by Gasteiger charge is 2.35. The molecular weight excluding hydrogens is 428 g/mol. The minimum Gasteiger partial charge on any atom is -0.392 e. The summed E-state index contributed by atoms with van der Waals surface area (Å²) in [5, 5.41) is 17.4. The van der Waals surface area contributed by atoms with Crippen molar-refractivity contribution >= 4 is 34.3 Å². The fourth-order valence-electron chi connectivity index (χ4n) is 4.76. The van der Waals surface area contributed by atoms with Crippen LogP contribution in [0, 0.1) is 0 Å². The Morgan fingerprint density at radius 1 is 1.16 bits per heavy atom. The lowest BCUT2D eigenvalue weighted by Crippen LogP contribution is -2.46. The van der Waals surface area contributed by atoms with Crippen molar-refractivity contribution in [3.63, 3.8) is 0 Å². The van der Waals surface area contributed by atoms with Crippen molar-refractivity contribution in [2.24, 2.45) is 0 Å². The lowest BCUT2D eigenvalue weighted by Gasteiger charge is -2.24. The fraction of sp³-hybridized carbons (Fsp3) is 0.333. The molecule has 1 aliphatic heterocycles. The van der Waals surface area contributed by atoms with Gasteiger partial charge in [-0.15, -0.1) is 0 Å². The number of halogens is 1. The van der Waals surface area contributed by atoms with Crippen molar-refractivity contribution in [3.05, 3.63) is 70.4 Å². The Bertz CT molecular complexity index is 1180. The van der Waals surface area contributed by atoms with E-state index in [2.05, 4.69) is 15.6 Å². The molecule has 0 radical (unpaired) electrons. The highest BCUT2D eigenvalue weighted by Crippen LogP contribution is 2.32. The molecule has 2 heterocycles. The highest BCUT2D eigenvalue weighted by molar-refractivity contribution is 6.31. The molecule has 166 valence electrons. The third-order valence-electron chi connectivity index (χ3n) is 6.31. The summed E-state index contributed by atoms with van der Waals surface area (Å²) in [6.45, 7) is 1.46. The van der Waals surface area contributed by atoms with Gasteiger partial charge in [0.1, 0.15) is 5.69 Å². The first kappa shape index (κ1) is 21.0. The number of hydrogen-bond acceptors (Lipinski definition) is 4. The van der Waals surface area contributed by atoms with Crippen LogP contribution in [0.15, 0.2) is 48.5 Å². The smallest absolute Gasteiger partial charge is 0.268 e. The first-order chi connectivity index (χ1) is 15.5. The quantitative estimate of drug-likeness (QED) is 0.478. The van der Waals surface area contributed by atoms with Crippen LogP contribution in [0.2, 0.25) is 5.02 Å². The Balaban J connectivity index is 1.32. The van der Waals surface area contributed by atoms with Crippen LogP contribution in [-0.4, -0.2) is 58.6 Å². The molecule has 1 saturated heterocycles. The van der Waals surface area contributed by atoms with Gasteiger partial charge in [-0.1, -0.05) is 35.9 Å². The van der Waals surface area contributed by atoms with Gasteiger partial charge in [-0.2, -0.15) is 0 Å². The summed E-state index contributed by atoms with van der Waals surface area (Å²) in [5.41, 5.74) is 3.43. The van der Waals surface area contributed by atoms with Crippen molar-refractivity contribution < 1.29 is 14.7 Å². The molecule has 0 spiro atoms. The largest absolute Gasteiger partial charge is 0.392 e. The molecule has 8 heteroatoms. The number of carbonyl (C=O) groups excluding carboxylic acids is 2. The van der Waals surface area contributed by atoms with E-state index in [-0.39, 0.29) is 36.5 Å². The second-order valence-corrected chi connectivity index (χ2v) is 9.06. The Kier molecular flexibility index (Phi) is 5.63. The predicted molar refractivity (Wildman–Crippen MR) is 123 cm³/mol. The molecule has 2 aliphatic rings. The van der Waals surface area contributed by atoms with E-state index < -0.39 is 0 Å². The first-order valence-electron chi connectivity index (χ1n) is 10.8. The van der Waals surface area contributed by atoms with E-state index in [1.807, 2.05) is 41.3 Å². The summed E-state index contributed by atoms with van der Waals surface area (Å²) in [5.74, 6) is -0.336. The van der Waals surface area contributed by atoms with Crippen LogP contribution in [0.3, 0.4) is 0 Å². The summed E-state index contributed by atoms with van der Waals surface area (Å²) in [6, 6.07) is 14.6. The van der Waals surface area contributed by atoms with Crippen molar-refractivity contribution in [1.82, 2.24) is 20.5 Å². The van der Waals surface area contributed by atoms with Gasteiger partial charge in [0.2, 0.25) is 5.91 Å². The molecular formula is C24H25ClN4O3. The Morgan fingerprint density at radius 2 is 2.00 bits per heavy atom. The molecule has 32 heavy (non-hydrogen) atoms. The standard InChI is InChI=1S/C24H25ClN4O3/c25-16-5-6-19-15(9-16)11-21(26-19)24(32)27-20-10-14-3-1-2-4-18(14)23(20)28-22(31)13-29-8-7-17(30)12-29/h1-6,9,11,17,20,23,26,30H,7-8,10,12-13H2,(H,27,32)(H,28,31)/t17?,20-,23-/m1/s1. The summed E-state index contributed by atoms with van der Waals surface area (Å²) in [6.07, 6.45) is 0.961. The summed E-state index contributed by atoms with van der Waals surface area (Å²) < 4.78 is 0. The van der Waals surface area contributed by atoms with Gasteiger partial charge >= 0.3 is 0 Å². The van der Waals surface area contributed by atoms with Crippen LogP contribution < -0.4 is 10.6 Å². The van der Waals surface area contributed by atoms with Gasteiger partial charge in [-0.25, -0.2) is 0 Å². The van der Waals surface area contributed by atoms with Gasteiger partial charge in [0, 0.05) is 29.0 Å². The van der Waals surface area contributed by atoms with Gasteiger partial charge in [0.05, 0.1) is 24.7 Å². The molecule has 3 aromatic rings. The molecule has 2 aromatic carbocycles. The topological polar surface area (TPSA) is 97.5 Å². The van der Waals surface area contributed by atoms with Crippen LogP contribution in [0.25, 0.3) is 10.9 Å². The molecule has 5 rings (SSSR count). The lowest BCUT2D eigenvalue weighted by atomic mass is 10.1. The number of amides is 2. The van der Waals surface area contributed by atoms with E-state index in [0.29, 0.717) is 36.6 Å². The molecule has 4 N–H and O–H groups in total. The van der Waals surface area contributed by atoms with Crippen molar-refractivity contribution in [2.45, 2.75) is 31.0 Å². The van der Waals surface area contributed by atoms with E-state index in [1.54, 1.807) is 12.1 Å². The second kappa shape index (κ2) is 8.58. The zero-order valence-electron chi connectivity index (χ0n) is 17.5. The van der Waals surface area contributed by atoms with Crippen LogP contribution in [0.4, 0.5) is 0 Å². The maximum absolute atomic E-state index is 13.0. The second-order valence-electron chi connectivity index (χ2n) is 8.62. The number of benzene rings is 2. The molecule has 1 unspecified atom stereocenters. The van der Waals surface area contributed by atoms with Crippen LogP contribution in [0.5, 0.6) is 0 Å². The molecule has 0 saturated carbocycles. The number of aromatic amines is 1. The molecule has 3 atom stereocenters. The van der Waals surface area contributed by atoms with Gasteiger partial charge in [0.15, 0.2) is 0 Å². The van der Waals surface area contributed by atoms with Crippen molar-refractivity contribution in [1.29, 1.82) is 0 Å². The molecule has 1 aliphatic carbocycles. The number of carbonyl (C=O) groups is 2. The third-order valence-corrected chi connectivity index (χ3v) is 6.54. The molecule has 2 amide bonds. The minimum absolute atomic E-state index is 0.111. The zero-order chi connectivity index (χ0) is 22.2. The van der Waals surface area contributed by atoms with Gasteiger partial charge < -0.3 is 20.7 Å². The molecule has 7 nitrogen and oxygen atoms in total. The molecule has 1 fully saturated rings. The summed E-state index contributed by atoms with van der Waals surface area (Å²) in [7, 11) is 0. The normalized spacial score (nSPS) is 22.8. The highest BCUT2D eigenvalue weighted by atomic mass is 35.5. The van der Waals surface area contributed by atoms with E-state index in [0.717, 1.165) is 22.0 Å². The summed E-state index contributed by atoms with van der Waals surface area (Å²) in [4.78, 5) is 30.9. The van der Waals surface area contributed by atoms with Crippen LogP contribution in [-0.2, 0) is 11.2 Å². The number of aromatic nitrogens is 1. The fourth-order valence-corrected chi connectivity index (χ4v) is 4.94. The maximum Gasteiger partial charge on any atom is 0.268 e. The number of hydrogen-bond donors (Lipinski definition) is 4. The number of rotatable bonds is 5. The zero-order valence-corrected chi connectivity index (χ0v) is 18.2. The number of nitrogens with zero attached hydrogens (tertiary/aromatic N) is 1. The van der Waals surface area contributed by atoms with Crippen molar-refractivity contribution in [2.75, 3.05) is 19.6 Å². The number of nitrogens with one attached hydrogen (secondary N) is 3. The third kappa shape index (κ3) is 4.24. The van der Waals surface area contributed by atoms with Crippen LogP contribution in [0.1, 0.15) is 34.1 Å². The average molecular weight is 453 g/mol. The molecule has 0 bridgehead atoms. The SMILES string of the molecule is O=C(CN1CCC(O)C1)N[C@@H]1c2ccccc2C[C@H]1NC(=O)c1cc2cc(Cl)ccc2[nH]1. The summed E-state index contributed by atoms with van der Waals surface area (Å²) >= 11 is 6.06. The average Bonchev–Trinajstić information content (AvgIpc) is 3.45. The van der Waals surface area contributed by atoms with Crippen LogP contribution >= 0.6 is 11.6 Å². The number of aliphatic hydroxyl groups is 1. The van der Waals surface area contributed by atoms with E-state index in [9.17, 15) is 14.7 Å². The maximum atomic E-state index is 13.0. The Labute approximate surface area is 190 Å². The van der Waals surface area contributed by atoms with E-state index in [4.69, 9.17) is 11.6 Å².